The third kappa shape index (κ3) is 13.1. The number of ether oxygens (including phenoxy) is 2. The summed E-state index contributed by atoms with van der Waals surface area (Å²) in [6, 6.07) is 22.7. The summed E-state index contributed by atoms with van der Waals surface area (Å²) in [4.78, 5) is 67.0. The largest absolute Gasteiger partial charge is 1.00 e. The van der Waals surface area contributed by atoms with Crippen molar-refractivity contribution in [3.63, 3.8) is 0 Å². The van der Waals surface area contributed by atoms with Crippen molar-refractivity contribution < 1.29 is 117 Å². The summed E-state index contributed by atoms with van der Waals surface area (Å²) in [5.41, 5.74) is 8.61. The number of carboxylic acid groups (broad SMARTS) is 3. The molecule has 0 aliphatic heterocycles. The number of nitro groups is 1. The van der Waals surface area contributed by atoms with E-state index in [0.29, 0.717) is 21.4 Å². The van der Waals surface area contributed by atoms with Gasteiger partial charge in [-0.05, 0) is 59.0 Å². The Hall–Kier alpha value is -4.85. The molecule has 1 atom stereocenters. The van der Waals surface area contributed by atoms with E-state index in [9.17, 15) is 49.4 Å². The van der Waals surface area contributed by atoms with Crippen LogP contribution in [0.5, 0.6) is 11.5 Å². The van der Waals surface area contributed by atoms with Crippen LogP contribution in [0.3, 0.4) is 0 Å². The predicted octanol–water partition coefficient (Wildman–Crippen LogP) is -3.42. The first-order valence-electron chi connectivity index (χ1n) is 17.5. The van der Waals surface area contributed by atoms with Gasteiger partial charge in [0.05, 0.1) is 4.92 Å². The molecule has 0 amide bonds. The molecule has 2 heterocycles. The van der Waals surface area contributed by atoms with Gasteiger partial charge in [0.15, 0.2) is 22.4 Å². The minimum atomic E-state index is -1.64. The van der Waals surface area contributed by atoms with Crippen LogP contribution in [0.2, 0.25) is 11.1 Å². The number of aliphatic carboxylic acids is 1. The van der Waals surface area contributed by atoms with Crippen molar-refractivity contribution in [1.29, 1.82) is 0 Å². The molecular weight excluding hydrogens is 885 g/mol. The number of hydrogen-bond donors (Lipinski definition) is 3. The summed E-state index contributed by atoms with van der Waals surface area (Å²) >= 11 is 0.549. The van der Waals surface area contributed by atoms with Crippen molar-refractivity contribution in [3.05, 3.63) is 144 Å². The van der Waals surface area contributed by atoms with E-state index in [1.807, 2.05) is 18.2 Å². The van der Waals surface area contributed by atoms with Crippen molar-refractivity contribution in [1.82, 2.24) is 0 Å². The van der Waals surface area contributed by atoms with Crippen LogP contribution in [-0.2, 0) is 11.2 Å². The second-order valence-electron chi connectivity index (χ2n) is 12.7. The average Bonchev–Trinajstić information content (AvgIpc) is 3.59. The van der Waals surface area contributed by atoms with E-state index in [4.69, 9.17) is 29.1 Å². The Morgan fingerprint density at radius 1 is 0.787 bits per heavy atom. The van der Waals surface area contributed by atoms with Gasteiger partial charge in [-0.25, -0.2) is 0 Å². The average molecular weight is 920 g/mol. The molecule has 61 heavy (non-hydrogen) atoms. The SMILES string of the molecule is C[Se]CCC(N)C(=O)O.O=C([O-])c1cc(=O)c2c(OCC(O)COc3cccc4oc(C(=O)[O-])cc(=O)c34)cccc2o1.O=[N+]([O-])c1ccc2c(c1)Cc1ccccc1-2.[Na+].[Na+]. The van der Waals surface area contributed by atoms with Gasteiger partial charge in [-0.3, -0.25) is 19.7 Å². The molecule has 0 bridgehead atoms. The Balaban J connectivity index is 0.000000303. The standard InChI is InChI=1S/C23H16O11.C13H9NO2.C5H11NO2Se.2Na/c24-11(9-31-14-3-1-5-16-20(14)12(25)7-18(33-16)22(27)28)10-32-15-4-2-6-17-21(15)13(26)8-19(34-17)23(29)30;15-14(16)11-5-6-13-10(8-11)7-9-3-1-2-4-12(9)13;1-9-3-2-4(6)5(7)8;;/h1-8,11,24H,9-10H2,(H,27,28)(H,29,30);1-6,8H,7H2;4H,2-3,6H2,1H3,(H,7,8);;/q;;;2*+1/p-2. The number of carbonyl (C=O) groups excluding carboxylic acids is 2. The quantitative estimate of drug-likeness (QED) is 0.0577. The Bertz CT molecular complexity index is 2550. The Kier molecular flexibility index (Phi) is 19.4. The van der Waals surface area contributed by atoms with E-state index in [1.54, 1.807) is 12.1 Å². The molecule has 0 spiro atoms. The molecule has 1 aliphatic rings. The van der Waals surface area contributed by atoms with Gasteiger partial charge >= 0.3 is 119 Å². The molecular formula is C41H34N2Na2O15Se. The van der Waals surface area contributed by atoms with Crippen LogP contribution in [0.15, 0.2) is 109 Å². The number of hydrogen-bond acceptors (Lipinski definition) is 15. The molecule has 7 rings (SSSR count). The van der Waals surface area contributed by atoms with Gasteiger partial charge in [0.25, 0.3) is 5.69 Å². The van der Waals surface area contributed by atoms with Crippen LogP contribution in [0, 0.1) is 10.1 Å². The summed E-state index contributed by atoms with van der Waals surface area (Å²) in [6.07, 6.45) is 0.202. The first-order valence-corrected chi connectivity index (χ1v) is 20.4. The van der Waals surface area contributed by atoms with Crippen LogP contribution in [0.4, 0.5) is 5.69 Å². The summed E-state index contributed by atoms with van der Waals surface area (Å²) < 4.78 is 21.2. The molecule has 4 aromatic carbocycles. The van der Waals surface area contributed by atoms with Crippen molar-refractivity contribution in [2.75, 3.05) is 13.2 Å². The smallest absolute Gasteiger partial charge is 0.542 e. The summed E-state index contributed by atoms with van der Waals surface area (Å²) in [6.45, 7) is -0.649. The maximum absolute atomic E-state index is 12.3. The molecule has 0 radical (unpaired) electrons. The maximum atomic E-state index is 12.3. The first-order chi connectivity index (χ1) is 28.2. The monoisotopic (exact) mass is 920 g/mol. The zero-order valence-electron chi connectivity index (χ0n) is 33.0. The van der Waals surface area contributed by atoms with E-state index in [1.165, 1.54) is 47.5 Å². The Morgan fingerprint density at radius 3 is 1.77 bits per heavy atom. The van der Waals surface area contributed by atoms with Crippen molar-refractivity contribution >= 4 is 60.5 Å². The fraction of sp³-hybridized carbons (Fsp3) is 0.195. The summed E-state index contributed by atoms with van der Waals surface area (Å²) in [5, 5.41) is 52.1. The molecule has 0 saturated carbocycles. The number of aromatic carboxylic acids is 2. The van der Waals surface area contributed by atoms with Crippen LogP contribution in [0.25, 0.3) is 33.1 Å². The summed E-state index contributed by atoms with van der Waals surface area (Å²) in [7, 11) is 0. The molecule has 1 aliphatic carbocycles. The fourth-order valence-corrected chi connectivity index (χ4v) is 6.86. The number of carbonyl (C=O) groups is 3. The number of aliphatic hydroxyl groups excluding tert-OH is 1. The van der Waals surface area contributed by atoms with Crippen molar-refractivity contribution in [2.24, 2.45) is 5.73 Å². The van der Waals surface area contributed by atoms with Crippen LogP contribution in [-0.4, -0.2) is 73.4 Å². The molecule has 6 aromatic rings. The van der Waals surface area contributed by atoms with Gasteiger partial charge in [-0.1, -0.05) is 36.4 Å². The molecule has 0 saturated heterocycles. The zero-order chi connectivity index (χ0) is 42.8. The zero-order valence-corrected chi connectivity index (χ0v) is 38.7. The molecule has 2 aromatic heterocycles. The number of nitrogens with zero attached hydrogens (tertiary/aromatic N) is 1. The number of rotatable bonds is 13. The van der Waals surface area contributed by atoms with Crippen LogP contribution in [0.1, 0.15) is 38.7 Å². The number of non-ortho nitro benzene ring substituents is 1. The Labute approximate surface area is 396 Å². The number of nitro benzene ring substituents is 1. The van der Waals surface area contributed by atoms with Gasteiger partial charge < -0.3 is 43.2 Å². The maximum Gasteiger partial charge on any atom is 1.00 e. The van der Waals surface area contributed by atoms with E-state index in [0.717, 1.165) is 35.0 Å². The minimum absolute atomic E-state index is 0. The van der Waals surface area contributed by atoms with E-state index in [2.05, 4.69) is 18.0 Å². The number of benzene rings is 4. The third-order valence-electron chi connectivity index (χ3n) is 8.64. The Morgan fingerprint density at radius 2 is 1.30 bits per heavy atom. The van der Waals surface area contributed by atoms with Gasteiger partial charge in [-0.2, -0.15) is 0 Å². The third-order valence-corrected chi connectivity index (χ3v) is 9.99. The number of carboxylic acids is 3. The predicted molar refractivity (Wildman–Crippen MR) is 209 cm³/mol. The van der Waals surface area contributed by atoms with Gasteiger partial charge in [0.2, 0.25) is 0 Å². The second-order valence-corrected chi connectivity index (χ2v) is 14.8. The van der Waals surface area contributed by atoms with Gasteiger partial charge in [0, 0.05) is 24.3 Å². The topological polar surface area (TPSA) is 286 Å². The normalized spacial score (nSPS) is 11.3. The number of nitrogens with two attached hydrogens (primary N) is 1. The fourth-order valence-electron chi connectivity index (χ4n) is 5.83. The van der Waals surface area contributed by atoms with Crippen LogP contribution >= 0.6 is 0 Å². The molecule has 0 fully saturated rings. The minimum Gasteiger partial charge on any atom is -0.542 e. The number of fused-ring (bicyclic) bond motifs is 5. The first kappa shape index (κ1) is 50.5. The molecule has 306 valence electrons. The second kappa shape index (κ2) is 23.4. The van der Waals surface area contributed by atoms with Crippen molar-refractivity contribution in [3.8, 4) is 22.6 Å². The van der Waals surface area contributed by atoms with E-state index >= 15 is 0 Å². The van der Waals surface area contributed by atoms with E-state index in [-0.39, 0.29) is 116 Å². The van der Waals surface area contributed by atoms with Crippen molar-refractivity contribution in [2.45, 2.75) is 36.1 Å². The van der Waals surface area contributed by atoms with Gasteiger partial charge in [0.1, 0.15) is 64.7 Å². The number of aliphatic hydroxyl groups is 1. The van der Waals surface area contributed by atoms with Crippen LogP contribution < -0.4 is 95.4 Å². The molecule has 4 N–H and O–H groups in total. The molecule has 1 unspecified atom stereocenters. The molecule has 20 heteroatoms. The van der Waals surface area contributed by atoms with E-state index < -0.39 is 52.4 Å². The summed E-state index contributed by atoms with van der Waals surface area (Å²) in [5.74, 6) is -3.26. The van der Waals surface area contributed by atoms with Gasteiger partial charge in [-0.15, -0.1) is 0 Å². The molecule has 17 nitrogen and oxygen atoms in total.